The Morgan fingerprint density at radius 1 is 1.16 bits per heavy atom. The number of methoxy groups -OCH3 is 1. The van der Waals surface area contributed by atoms with Crippen molar-refractivity contribution >= 4 is 15.9 Å². The first-order valence-electron chi connectivity index (χ1n) is 7.20. The average molecular weight is 327 g/mol. The number of rotatable bonds is 5. The molecule has 2 rings (SSSR count). The summed E-state index contributed by atoms with van der Waals surface area (Å²) >= 11 is 3.49. The predicted molar refractivity (Wildman–Crippen MR) is 81.5 cm³/mol. The lowest BCUT2D eigenvalue weighted by atomic mass is 10.0. The topological polar surface area (TPSA) is 18.5 Å². The zero-order chi connectivity index (χ0) is 13.5. The van der Waals surface area contributed by atoms with Crippen molar-refractivity contribution in [2.75, 3.05) is 13.7 Å². The van der Waals surface area contributed by atoms with Crippen LogP contribution in [0.15, 0.2) is 22.7 Å². The van der Waals surface area contributed by atoms with Gasteiger partial charge >= 0.3 is 0 Å². The molecule has 1 saturated carbocycles. The van der Waals surface area contributed by atoms with Crippen molar-refractivity contribution in [3.8, 4) is 5.75 Å². The van der Waals surface area contributed by atoms with E-state index in [9.17, 15) is 0 Å². The highest BCUT2D eigenvalue weighted by Gasteiger charge is 2.13. The van der Waals surface area contributed by atoms with Crippen molar-refractivity contribution in [1.82, 2.24) is 0 Å². The van der Waals surface area contributed by atoms with Crippen LogP contribution in [0.25, 0.3) is 0 Å². The number of benzene rings is 1. The summed E-state index contributed by atoms with van der Waals surface area (Å²) in [7, 11) is 1.71. The van der Waals surface area contributed by atoms with Crippen LogP contribution in [0.2, 0.25) is 0 Å². The van der Waals surface area contributed by atoms with Gasteiger partial charge in [-0.1, -0.05) is 41.6 Å². The third-order valence-corrected chi connectivity index (χ3v) is 4.32. The molecule has 0 radical (unpaired) electrons. The molecule has 0 spiro atoms. The van der Waals surface area contributed by atoms with E-state index in [4.69, 9.17) is 9.47 Å². The van der Waals surface area contributed by atoms with Crippen LogP contribution in [0.4, 0.5) is 0 Å². The second-order valence-electron chi connectivity index (χ2n) is 5.33. The molecule has 1 aromatic carbocycles. The Labute approximate surface area is 124 Å². The van der Waals surface area contributed by atoms with Gasteiger partial charge in [-0.2, -0.15) is 0 Å². The van der Waals surface area contributed by atoms with Crippen molar-refractivity contribution in [3.05, 3.63) is 28.2 Å². The van der Waals surface area contributed by atoms with Crippen LogP contribution in [0.1, 0.15) is 44.1 Å². The molecule has 0 atom stereocenters. The molecule has 0 N–H and O–H groups in total. The van der Waals surface area contributed by atoms with Gasteiger partial charge in [0.05, 0.1) is 13.7 Å². The lowest BCUT2D eigenvalue weighted by Crippen LogP contribution is -2.09. The summed E-state index contributed by atoms with van der Waals surface area (Å²) in [6.45, 7) is 1.52. The summed E-state index contributed by atoms with van der Waals surface area (Å²) < 4.78 is 12.3. The first-order valence-corrected chi connectivity index (χ1v) is 7.99. The SMILES string of the molecule is COc1ccc(Br)cc1COCC1CCCCCC1. The van der Waals surface area contributed by atoms with Crippen LogP contribution in [-0.2, 0) is 11.3 Å². The summed E-state index contributed by atoms with van der Waals surface area (Å²) in [6.07, 6.45) is 8.19. The standard InChI is InChI=1S/C16H23BrO2/c1-18-16-9-8-15(17)10-14(16)12-19-11-13-6-4-2-3-5-7-13/h8-10,13H,2-7,11-12H2,1H3. The van der Waals surface area contributed by atoms with Gasteiger partial charge in [0.2, 0.25) is 0 Å². The van der Waals surface area contributed by atoms with E-state index < -0.39 is 0 Å². The third-order valence-electron chi connectivity index (χ3n) is 3.83. The fourth-order valence-corrected chi connectivity index (χ4v) is 3.13. The monoisotopic (exact) mass is 326 g/mol. The zero-order valence-corrected chi connectivity index (χ0v) is 13.2. The quantitative estimate of drug-likeness (QED) is 0.713. The Morgan fingerprint density at radius 3 is 2.58 bits per heavy atom. The van der Waals surface area contributed by atoms with Gasteiger partial charge in [0.15, 0.2) is 0 Å². The average Bonchev–Trinajstić information content (AvgIpc) is 2.68. The van der Waals surface area contributed by atoms with Gasteiger partial charge in [0, 0.05) is 16.6 Å². The summed E-state index contributed by atoms with van der Waals surface area (Å²) in [5, 5.41) is 0. The molecular formula is C16H23BrO2. The second-order valence-corrected chi connectivity index (χ2v) is 6.24. The Kier molecular flexibility index (Phi) is 6.18. The van der Waals surface area contributed by atoms with E-state index in [1.807, 2.05) is 12.1 Å². The molecule has 0 unspecified atom stereocenters. The predicted octanol–water partition coefficient (Wildman–Crippen LogP) is 4.94. The van der Waals surface area contributed by atoms with Crippen molar-refractivity contribution in [3.63, 3.8) is 0 Å². The minimum atomic E-state index is 0.638. The van der Waals surface area contributed by atoms with E-state index in [0.29, 0.717) is 6.61 Å². The lowest BCUT2D eigenvalue weighted by Gasteiger charge is -2.15. The Bertz CT molecular complexity index is 384. The van der Waals surface area contributed by atoms with Crippen molar-refractivity contribution < 1.29 is 9.47 Å². The summed E-state index contributed by atoms with van der Waals surface area (Å²) in [4.78, 5) is 0. The molecule has 0 amide bonds. The van der Waals surface area contributed by atoms with Crippen LogP contribution in [0.5, 0.6) is 5.75 Å². The first kappa shape index (κ1) is 14.9. The fraction of sp³-hybridized carbons (Fsp3) is 0.625. The van der Waals surface area contributed by atoms with Gasteiger partial charge in [-0.25, -0.2) is 0 Å². The lowest BCUT2D eigenvalue weighted by molar-refractivity contribution is 0.0805. The Balaban J connectivity index is 1.82. The Morgan fingerprint density at radius 2 is 1.89 bits per heavy atom. The van der Waals surface area contributed by atoms with E-state index in [1.165, 1.54) is 38.5 Å². The molecule has 0 heterocycles. The normalized spacial score (nSPS) is 17.2. The molecule has 3 heteroatoms. The van der Waals surface area contributed by atoms with Gasteiger partial charge in [0.1, 0.15) is 5.75 Å². The molecular weight excluding hydrogens is 304 g/mol. The molecule has 0 bridgehead atoms. The molecule has 106 valence electrons. The third kappa shape index (κ3) is 4.81. The van der Waals surface area contributed by atoms with E-state index in [0.717, 1.165) is 28.3 Å². The largest absolute Gasteiger partial charge is 0.496 e. The molecule has 1 aliphatic rings. The smallest absolute Gasteiger partial charge is 0.124 e. The van der Waals surface area contributed by atoms with Gasteiger partial charge in [0.25, 0.3) is 0 Å². The van der Waals surface area contributed by atoms with Gasteiger partial charge in [-0.05, 0) is 37.0 Å². The highest BCUT2D eigenvalue weighted by molar-refractivity contribution is 9.10. The highest BCUT2D eigenvalue weighted by Crippen LogP contribution is 2.26. The number of ether oxygens (including phenoxy) is 2. The van der Waals surface area contributed by atoms with Crippen molar-refractivity contribution in [2.45, 2.75) is 45.1 Å². The summed E-state index contributed by atoms with van der Waals surface area (Å²) in [6, 6.07) is 6.05. The number of hydrogen-bond acceptors (Lipinski definition) is 2. The van der Waals surface area contributed by atoms with E-state index in [1.54, 1.807) is 7.11 Å². The number of hydrogen-bond donors (Lipinski definition) is 0. The molecule has 1 fully saturated rings. The van der Waals surface area contributed by atoms with Gasteiger partial charge in [-0.15, -0.1) is 0 Å². The maximum atomic E-state index is 5.91. The maximum absolute atomic E-state index is 5.91. The second kappa shape index (κ2) is 7.91. The molecule has 0 saturated heterocycles. The minimum Gasteiger partial charge on any atom is -0.496 e. The van der Waals surface area contributed by atoms with Gasteiger partial charge < -0.3 is 9.47 Å². The zero-order valence-electron chi connectivity index (χ0n) is 11.7. The van der Waals surface area contributed by atoms with E-state index >= 15 is 0 Å². The van der Waals surface area contributed by atoms with Crippen LogP contribution in [-0.4, -0.2) is 13.7 Å². The van der Waals surface area contributed by atoms with Crippen LogP contribution < -0.4 is 4.74 Å². The fourth-order valence-electron chi connectivity index (χ4n) is 2.73. The molecule has 1 aromatic rings. The van der Waals surface area contributed by atoms with Crippen molar-refractivity contribution in [1.29, 1.82) is 0 Å². The van der Waals surface area contributed by atoms with E-state index in [2.05, 4.69) is 22.0 Å². The minimum absolute atomic E-state index is 0.638. The van der Waals surface area contributed by atoms with Crippen molar-refractivity contribution in [2.24, 2.45) is 5.92 Å². The van der Waals surface area contributed by atoms with Gasteiger partial charge in [-0.3, -0.25) is 0 Å². The molecule has 0 aliphatic heterocycles. The van der Waals surface area contributed by atoms with E-state index in [-0.39, 0.29) is 0 Å². The summed E-state index contributed by atoms with van der Waals surface area (Å²) in [5.74, 6) is 1.66. The Hall–Kier alpha value is -0.540. The highest BCUT2D eigenvalue weighted by atomic mass is 79.9. The van der Waals surface area contributed by atoms with Crippen LogP contribution >= 0.6 is 15.9 Å². The summed E-state index contributed by atoms with van der Waals surface area (Å²) in [5.41, 5.74) is 1.12. The first-order chi connectivity index (χ1) is 9.29. The van der Waals surface area contributed by atoms with Crippen LogP contribution in [0.3, 0.4) is 0 Å². The number of halogens is 1. The molecule has 0 aromatic heterocycles. The molecule has 2 nitrogen and oxygen atoms in total. The maximum Gasteiger partial charge on any atom is 0.124 e. The molecule has 19 heavy (non-hydrogen) atoms. The molecule has 1 aliphatic carbocycles. The van der Waals surface area contributed by atoms with Crippen LogP contribution in [0, 0.1) is 5.92 Å².